The second kappa shape index (κ2) is 8.29. The van der Waals surface area contributed by atoms with Crippen LogP contribution in [0.4, 0.5) is 0 Å². The van der Waals surface area contributed by atoms with Crippen molar-refractivity contribution < 1.29 is 19.8 Å². The van der Waals surface area contributed by atoms with Crippen molar-refractivity contribution >= 4 is 24.1 Å². The summed E-state index contributed by atoms with van der Waals surface area (Å²) in [6, 6.07) is 13.2. The van der Waals surface area contributed by atoms with Gasteiger partial charge in [0.25, 0.3) is 0 Å². The molecule has 0 saturated heterocycles. The largest absolute Gasteiger partial charge is 0.478 e. The van der Waals surface area contributed by atoms with Crippen LogP contribution in [0.3, 0.4) is 0 Å². The molecule has 0 heterocycles. The van der Waals surface area contributed by atoms with E-state index in [1.54, 1.807) is 48.5 Å². The summed E-state index contributed by atoms with van der Waals surface area (Å²) in [5, 5.41) is 17.6. The molecule has 2 aromatic rings. The molecular weight excluding hydrogens is 304 g/mol. The van der Waals surface area contributed by atoms with Crippen LogP contribution in [-0.2, 0) is 0 Å². The van der Waals surface area contributed by atoms with Gasteiger partial charge in [-0.15, -0.1) is 0 Å². The van der Waals surface area contributed by atoms with Crippen molar-refractivity contribution in [2.45, 2.75) is 0 Å². The Morgan fingerprint density at radius 1 is 0.583 bits per heavy atom. The van der Waals surface area contributed by atoms with E-state index in [0.29, 0.717) is 0 Å². The zero-order chi connectivity index (χ0) is 17.4. The average molecular weight is 320 g/mol. The zero-order valence-electron chi connectivity index (χ0n) is 12.8. The van der Waals surface area contributed by atoms with E-state index < -0.39 is 11.9 Å². The predicted octanol–water partition coefficient (Wildman–Crippen LogP) is 4.37. The minimum Gasteiger partial charge on any atom is -0.478 e. The van der Waals surface area contributed by atoms with Gasteiger partial charge in [-0.3, -0.25) is 0 Å². The molecule has 4 heteroatoms. The van der Waals surface area contributed by atoms with Crippen LogP contribution in [0, 0.1) is 0 Å². The number of carboxylic acid groups (broad SMARTS) is 2. The normalized spacial score (nSPS) is 11.5. The van der Waals surface area contributed by atoms with Gasteiger partial charge in [0.1, 0.15) is 0 Å². The molecule has 0 spiro atoms. The highest BCUT2D eigenvalue weighted by Gasteiger charge is 2.00. The number of carbonyl (C=O) groups is 2. The highest BCUT2D eigenvalue weighted by molar-refractivity contribution is 5.88. The molecule has 0 radical (unpaired) electrons. The monoisotopic (exact) mass is 320 g/mol. The lowest BCUT2D eigenvalue weighted by molar-refractivity contribution is 0.0686. The summed E-state index contributed by atoms with van der Waals surface area (Å²) in [6.45, 7) is 0. The van der Waals surface area contributed by atoms with Crippen molar-refractivity contribution in [1.29, 1.82) is 0 Å². The zero-order valence-corrected chi connectivity index (χ0v) is 12.8. The average Bonchev–Trinajstić information content (AvgIpc) is 2.58. The van der Waals surface area contributed by atoms with Gasteiger partial charge in [0.2, 0.25) is 0 Å². The standard InChI is InChI=1S/C20H16O4/c21-19(22)17-11-7-15(8-12-17)5-3-1-2-4-6-16-9-13-18(14-10-16)20(23)24/h1-14H,(H,21,22)(H,23,24)/b2-1+,5-3+,6-4+. The van der Waals surface area contributed by atoms with Crippen LogP contribution in [0.25, 0.3) is 12.2 Å². The minimum atomic E-state index is -0.938. The van der Waals surface area contributed by atoms with Gasteiger partial charge in [0.15, 0.2) is 0 Å². The van der Waals surface area contributed by atoms with Gasteiger partial charge < -0.3 is 10.2 Å². The summed E-state index contributed by atoms with van der Waals surface area (Å²) < 4.78 is 0. The van der Waals surface area contributed by atoms with E-state index in [-0.39, 0.29) is 11.1 Å². The third kappa shape index (κ3) is 5.10. The van der Waals surface area contributed by atoms with Crippen LogP contribution < -0.4 is 0 Å². The summed E-state index contributed by atoms with van der Waals surface area (Å²) in [6.07, 6.45) is 11.2. The Bertz CT molecular complexity index is 725. The fraction of sp³-hybridized carbons (Fsp3) is 0. The summed E-state index contributed by atoms with van der Waals surface area (Å²) in [7, 11) is 0. The van der Waals surface area contributed by atoms with E-state index in [4.69, 9.17) is 10.2 Å². The van der Waals surface area contributed by atoms with Crippen LogP contribution in [-0.4, -0.2) is 22.2 Å². The van der Waals surface area contributed by atoms with E-state index in [9.17, 15) is 9.59 Å². The fourth-order valence-corrected chi connectivity index (χ4v) is 1.94. The molecule has 4 nitrogen and oxygen atoms in total. The van der Waals surface area contributed by atoms with Crippen molar-refractivity contribution in [1.82, 2.24) is 0 Å². The maximum Gasteiger partial charge on any atom is 0.335 e. The Morgan fingerprint density at radius 3 is 1.21 bits per heavy atom. The van der Waals surface area contributed by atoms with E-state index in [0.717, 1.165) is 11.1 Å². The molecule has 0 saturated carbocycles. The van der Waals surface area contributed by atoms with Crippen LogP contribution in [0.5, 0.6) is 0 Å². The molecule has 0 aliphatic heterocycles. The van der Waals surface area contributed by atoms with Crippen LogP contribution in [0.1, 0.15) is 31.8 Å². The van der Waals surface area contributed by atoms with Crippen molar-refractivity contribution in [2.75, 3.05) is 0 Å². The Hall–Kier alpha value is -3.40. The van der Waals surface area contributed by atoms with Gasteiger partial charge in [-0.1, -0.05) is 60.7 Å². The fourth-order valence-electron chi connectivity index (χ4n) is 1.94. The molecule has 24 heavy (non-hydrogen) atoms. The maximum atomic E-state index is 10.7. The summed E-state index contributed by atoms with van der Waals surface area (Å²) in [5.41, 5.74) is 2.36. The predicted molar refractivity (Wildman–Crippen MR) is 94.0 cm³/mol. The molecular formula is C20H16O4. The van der Waals surface area contributed by atoms with Crippen molar-refractivity contribution in [3.05, 3.63) is 95.1 Å². The molecule has 120 valence electrons. The van der Waals surface area contributed by atoms with Gasteiger partial charge in [0, 0.05) is 0 Å². The molecule has 0 bridgehead atoms. The first-order valence-corrected chi connectivity index (χ1v) is 7.24. The maximum absolute atomic E-state index is 10.7. The van der Waals surface area contributed by atoms with Crippen LogP contribution >= 0.6 is 0 Å². The molecule has 0 aliphatic carbocycles. The Kier molecular flexibility index (Phi) is 5.86. The van der Waals surface area contributed by atoms with Gasteiger partial charge in [-0.05, 0) is 35.4 Å². The number of benzene rings is 2. The third-order valence-corrected chi connectivity index (χ3v) is 3.23. The molecule has 0 aliphatic rings. The Labute approximate surface area is 139 Å². The van der Waals surface area contributed by atoms with Crippen molar-refractivity contribution in [3.8, 4) is 0 Å². The van der Waals surface area contributed by atoms with Gasteiger partial charge >= 0.3 is 11.9 Å². The molecule has 0 fully saturated rings. The van der Waals surface area contributed by atoms with Gasteiger partial charge in [-0.25, -0.2) is 9.59 Å². The quantitative estimate of drug-likeness (QED) is 0.775. The number of hydrogen-bond donors (Lipinski definition) is 2. The minimum absolute atomic E-state index is 0.263. The number of carboxylic acids is 2. The number of aromatic carboxylic acids is 2. The number of allylic oxidation sites excluding steroid dienone is 4. The third-order valence-electron chi connectivity index (χ3n) is 3.23. The SMILES string of the molecule is O=C(O)c1ccc(/C=C/C=C/C=C/c2ccc(C(=O)O)cc2)cc1. The first kappa shape index (κ1) is 17.0. The molecule has 0 atom stereocenters. The second-order valence-corrected chi connectivity index (χ2v) is 4.96. The van der Waals surface area contributed by atoms with Crippen molar-refractivity contribution in [2.24, 2.45) is 0 Å². The van der Waals surface area contributed by atoms with Gasteiger partial charge in [0.05, 0.1) is 11.1 Å². The second-order valence-electron chi connectivity index (χ2n) is 4.96. The molecule has 2 N–H and O–H groups in total. The summed E-state index contributed by atoms with van der Waals surface area (Å²) in [5.74, 6) is -1.88. The molecule has 0 aromatic heterocycles. The first-order valence-electron chi connectivity index (χ1n) is 7.24. The molecule has 2 rings (SSSR count). The highest BCUT2D eigenvalue weighted by atomic mass is 16.4. The molecule has 0 amide bonds. The lowest BCUT2D eigenvalue weighted by atomic mass is 10.1. The number of rotatable bonds is 6. The lowest BCUT2D eigenvalue weighted by Crippen LogP contribution is -1.94. The van der Waals surface area contributed by atoms with E-state index >= 15 is 0 Å². The van der Waals surface area contributed by atoms with E-state index in [1.807, 2.05) is 36.5 Å². The topological polar surface area (TPSA) is 74.6 Å². The van der Waals surface area contributed by atoms with Crippen molar-refractivity contribution in [3.63, 3.8) is 0 Å². The summed E-state index contributed by atoms with van der Waals surface area (Å²) >= 11 is 0. The summed E-state index contributed by atoms with van der Waals surface area (Å²) in [4.78, 5) is 21.5. The van der Waals surface area contributed by atoms with Gasteiger partial charge in [-0.2, -0.15) is 0 Å². The smallest absolute Gasteiger partial charge is 0.335 e. The van der Waals surface area contributed by atoms with Crippen LogP contribution in [0.15, 0.2) is 72.8 Å². The Morgan fingerprint density at radius 2 is 0.917 bits per heavy atom. The lowest BCUT2D eigenvalue weighted by Gasteiger charge is -1.95. The number of hydrogen-bond acceptors (Lipinski definition) is 2. The molecule has 2 aromatic carbocycles. The van der Waals surface area contributed by atoms with Crippen LogP contribution in [0.2, 0.25) is 0 Å². The van der Waals surface area contributed by atoms with E-state index in [1.165, 1.54) is 0 Å². The molecule has 0 unspecified atom stereocenters. The first-order chi connectivity index (χ1) is 11.6. The highest BCUT2D eigenvalue weighted by Crippen LogP contribution is 2.07. The van der Waals surface area contributed by atoms with E-state index in [2.05, 4.69) is 0 Å². The Balaban J connectivity index is 1.89.